The van der Waals surface area contributed by atoms with Crippen LogP contribution in [0.2, 0.25) is 0 Å². The average molecular weight is 295 g/mol. The Morgan fingerprint density at radius 1 is 1.11 bits per heavy atom. The van der Waals surface area contributed by atoms with Crippen molar-refractivity contribution < 1.29 is 13.2 Å². The number of rotatable bonds is 4. The normalized spacial score (nSPS) is 31.6. The molecule has 2 unspecified atom stereocenters. The standard InChI is InChI=1S/C14H24F3NS/c1-19-13(8-4-5-9-13)10-18-12-7-3-2-6-11(12)14(15,16)17/h11-12,18H,2-10H2,1H3. The monoisotopic (exact) mass is 295 g/mol. The number of hydrogen-bond donors (Lipinski definition) is 1. The highest BCUT2D eigenvalue weighted by Crippen LogP contribution is 2.41. The van der Waals surface area contributed by atoms with Gasteiger partial charge in [0.1, 0.15) is 0 Å². The molecule has 0 aromatic heterocycles. The van der Waals surface area contributed by atoms with Crippen LogP contribution in [0.3, 0.4) is 0 Å². The molecule has 2 atom stereocenters. The maximum absolute atomic E-state index is 13.0. The van der Waals surface area contributed by atoms with Crippen LogP contribution in [0.4, 0.5) is 13.2 Å². The molecule has 0 radical (unpaired) electrons. The summed E-state index contributed by atoms with van der Waals surface area (Å²) in [5, 5.41) is 3.27. The molecule has 0 spiro atoms. The predicted octanol–water partition coefficient (Wildman–Crippen LogP) is 4.37. The van der Waals surface area contributed by atoms with Crippen LogP contribution in [-0.2, 0) is 0 Å². The van der Waals surface area contributed by atoms with Gasteiger partial charge in [0.2, 0.25) is 0 Å². The van der Waals surface area contributed by atoms with Gasteiger partial charge in [0.15, 0.2) is 0 Å². The first kappa shape index (κ1) is 15.5. The average Bonchev–Trinajstić information content (AvgIpc) is 2.85. The summed E-state index contributed by atoms with van der Waals surface area (Å²) >= 11 is 1.83. The van der Waals surface area contributed by atoms with Crippen LogP contribution in [0.15, 0.2) is 0 Å². The Labute approximate surface area is 118 Å². The van der Waals surface area contributed by atoms with E-state index in [9.17, 15) is 13.2 Å². The Kier molecular flexibility index (Phi) is 5.09. The zero-order valence-corrected chi connectivity index (χ0v) is 12.4. The fraction of sp³-hybridized carbons (Fsp3) is 1.00. The second-order valence-corrected chi connectivity index (χ2v) is 7.29. The Balaban J connectivity index is 1.92. The van der Waals surface area contributed by atoms with Crippen LogP contribution in [-0.4, -0.2) is 29.8 Å². The van der Waals surface area contributed by atoms with E-state index in [2.05, 4.69) is 11.6 Å². The quantitative estimate of drug-likeness (QED) is 0.826. The number of nitrogens with one attached hydrogen (secondary N) is 1. The highest BCUT2D eigenvalue weighted by atomic mass is 32.2. The van der Waals surface area contributed by atoms with Crippen molar-refractivity contribution in [3.8, 4) is 0 Å². The van der Waals surface area contributed by atoms with E-state index in [0.29, 0.717) is 12.8 Å². The Morgan fingerprint density at radius 2 is 1.74 bits per heavy atom. The number of thioether (sulfide) groups is 1. The fourth-order valence-corrected chi connectivity index (χ4v) is 4.48. The third kappa shape index (κ3) is 3.81. The van der Waals surface area contributed by atoms with Gasteiger partial charge in [-0.2, -0.15) is 24.9 Å². The molecule has 0 aromatic carbocycles. The van der Waals surface area contributed by atoms with Crippen molar-refractivity contribution >= 4 is 11.8 Å². The number of alkyl halides is 3. The summed E-state index contributed by atoms with van der Waals surface area (Å²) in [5.41, 5.74) is 0. The van der Waals surface area contributed by atoms with E-state index in [-0.39, 0.29) is 10.8 Å². The lowest BCUT2D eigenvalue weighted by Crippen LogP contribution is -2.49. The molecule has 112 valence electrons. The molecule has 1 nitrogen and oxygen atoms in total. The van der Waals surface area contributed by atoms with E-state index < -0.39 is 12.1 Å². The summed E-state index contributed by atoms with van der Waals surface area (Å²) in [6, 6.07) is -0.363. The van der Waals surface area contributed by atoms with Crippen molar-refractivity contribution in [2.45, 2.75) is 68.3 Å². The third-order valence-electron chi connectivity index (χ3n) is 4.82. The lowest BCUT2D eigenvalue weighted by molar-refractivity contribution is -0.189. The van der Waals surface area contributed by atoms with E-state index in [1.807, 2.05) is 11.8 Å². The second kappa shape index (κ2) is 6.25. The van der Waals surface area contributed by atoms with Crippen LogP contribution in [0.1, 0.15) is 51.4 Å². The van der Waals surface area contributed by atoms with E-state index in [0.717, 1.165) is 32.2 Å². The van der Waals surface area contributed by atoms with Gasteiger partial charge in [0.05, 0.1) is 5.92 Å². The summed E-state index contributed by atoms with van der Waals surface area (Å²) < 4.78 is 39.3. The van der Waals surface area contributed by atoms with Gasteiger partial charge < -0.3 is 5.32 Å². The summed E-state index contributed by atoms with van der Waals surface area (Å²) in [7, 11) is 0. The van der Waals surface area contributed by atoms with Crippen molar-refractivity contribution in [2.75, 3.05) is 12.8 Å². The SMILES string of the molecule is CSC1(CNC2CCCCC2C(F)(F)F)CCCC1. The molecule has 0 heterocycles. The molecule has 0 aromatic rings. The maximum Gasteiger partial charge on any atom is 0.393 e. The predicted molar refractivity (Wildman–Crippen MR) is 74.5 cm³/mol. The second-order valence-electron chi connectivity index (χ2n) is 6.01. The molecule has 0 amide bonds. The van der Waals surface area contributed by atoms with Crippen LogP contribution >= 0.6 is 11.8 Å². The molecule has 1 N–H and O–H groups in total. The molecule has 19 heavy (non-hydrogen) atoms. The molecule has 0 aliphatic heterocycles. The van der Waals surface area contributed by atoms with Crippen LogP contribution in [0.25, 0.3) is 0 Å². The van der Waals surface area contributed by atoms with Crippen molar-refractivity contribution in [1.82, 2.24) is 5.32 Å². The van der Waals surface area contributed by atoms with Gasteiger partial charge in [-0.15, -0.1) is 0 Å². The van der Waals surface area contributed by atoms with Gasteiger partial charge >= 0.3 is 6.18 Å². The van der Waals surface area contributed by atoms with Crippen LogP contribution in [0.5, 0.6) is 0 Å². The molecule has 0 saturated heterocycles. The number of hydrogen-bond acceptors (Lipinski definition) is 2. The summed E-state index contributed by atoms with van der Waals surface area (Å²) in [4.78, 5) is 0. The minimum absolute atomic E-state index is 0.188. The Bertz CT molecular complexity index is 287. The van der Waals surface area contributed by atoms with Crippen LogP contribution < -0.4 is 5.32 Å². The topological polar surface area (TPSA) is 12.0 Å². The molecule has 0 bridgehead atoms. The van der Waals surface area contributed by atoms with Gasteiger partial charge in [-0.05, 0) is 31.9 Å². The zero-order valence-electron chi connectivity index (χ0n) is 11.6. The first-order valence-corrected chi connectivity index (χ1v) is 8.55. The molecule has 2 saturated carbocycles. The van der Waals surface area contributed by atoms with Gasteiger partial charge in [-0.25, -0.2) is 0 Å². The lowest BCUT2D eigenvalue weighted by atomic mass is 9.83. The van der Waals surface area contributed by atoms with Crippen molar-refractivity contribution in [3.63, 3.8) is 0 Å². The highest BCUT2D eigenvalue weighted by Gasteiger charge is 2.46. The van der Waals surface area contributed by atoms with Gasteiger partial charge in [0, 0.05) is 17.3 Å². The zero-order chi connectivity index (χ0) is 13.9. The third-order valence-corrected chi connectivity index (χ3v) is 6.24. The molecule has 2 fully saturated rings. The fourth-order valence-electron chi connectivity index (χ4n) is 3.56. The first-order valence-electron chi connectivity index (χ1n) is 7.32. The summed E-state index contributed by atoms with van der Waals surface area (Å²) in [5.74, 6) is -1.14. The molecule has 5 heteroatoms. The summed E-state index contributed by atoms with van der Waals surface area (Å²) in [6.45, 7) is 0.741. The minimum Gasteiger partial charge on any atom is -0.312 e. The molecular formula is C14H24F3NS. The van der Waals surface area contributed by atoms with Crippen molar-refractivity contribution in [1.29, 1.82) is 0 Å². The Hall–Kier alpha value is 0.100. The maximum atomic E-state index is 13.0. The molecule has 2 aliphatic rings. The van der Waals surface area contributed by atoms with Gasteiger partial charge in [-0.3, -0.25) is 0 Å². The minimum atomic E-state index is -4.04. The lowest BCUT2D eigenvalue weighted by Gasteiger charge is -2.36. The largest absolute Gasteiger partial charge is 0.393 e. The van der Waals surface area contributed by atoms with Crippen molar-refractivity contribution in [3.05, 3.63) is 0 Å². The van der Waals surface area contributed by atoms with E-state index >= 15 is 0 Å². The summed E-state index contributed by atoms with van der Waals surface area (Å²) in [6.07, 6.45) is 5.39. The number of halogens is 3. The van der Waals surface area contributed by atoms with Gasteiger partial charge in [-0.1, -0.05) is 25.7 Å². The van der Waals surface area contributed by atoms with E-state index in [1.54, 1.807) is 0 Å². The molecule has 2 aliphatic carbocycles. The van der Waals surface area contributed by atoms with E-state index in [1.165, 1.54) is 12.8 Å². The van der Waals surface area contributed by atoms with Crippen LogP contribution in [0, 0.1) is 5.92 Å². The first-order chi connectivity index (χ1) is 8.97. The molecule has 2 rings (SSSR count). The highest BCUT2D eigenvalue weighted by molar-refractivity contribution is 8.00. The molecular weight excluding hydrogens is 271 g/mol. The Morgan fingerprint density at radius 3 is 2.32 bits per heavy atom. The van der Waals surface area contributed by atoms with E-state index in [4.69, 9.17) is 0 Å². The van der Waals surface area contributed by atoms with Crippen molar-refractivity contribution in [2.24, 2.45) is 5.92 Å². The van der Waals surface area contributed by atoms with Gasteiger partial charge in [0.25, 0.3) is 0 Å². The smallest absolute Gasteiger partial charge is 0.312 e.